The average Bonchev–Trinajstić information content (AvgIpc) is 2.38. The van der Waals surface area contributed by atoms with Crippen molar-refractivity contribution in [3.63, 3.8) is 0 Å². The lowest BCUT2D eigenvalue weighted by Crippen LogP contribution is -2.46. The molecule has 0 aliphatic rings. The summed E-state index contributed by atoms with van der Waals surface area (Å²) in [6.07, 6.45) is -0.638. The highest BCUT2D eigenvalue weighted by Gasteiger charge is 2.30. The van der Waals surface area contributed by atoms with Crippen LogP contribution in [0.4, 0.5) is 4.79 Å². The molecule has 0 aromatic heterocycles. The maximum atomic E-state index is 12.3. The van der Waals surface area contributed by atoms with Gasteiger partial charge in [-0.1, -0.05) is 30.3 Å². The number of ketones is 1. The second kappa shape index (κ2) is 6.52. The van der Waals surface area contributed by atoms with Gasteiger partial charge in [-0.15, -0.1) is 0 Å². The molecule has 1 rings (SSSR count). The van der Waals surface area contributed by atoms with E-state index in [1.165, 1.54) is 7.05 Å². The molecule has 1 aromatic carbocycles. The Morgan fingerprint density at radius 1 is 1.25 bits per heavy atom. The average molecular weight is 279 g/mol. The predicted octanol–water partition coefficient (Wildman–Crippen LogP) is 2.10. The van der Waals surface area contributed by atoms with Crippen LogP contribution in [-0.2, 0) is 4.74 Å². The monoisotopic (exact) mass is 279 g/mol. The first kappa shape index (κ1) is 16.2. The number of carbonyl (C=O) groups excluding carboxylic acids is 2. The molecule has 0 radical (unpaired) electrons. The molecule has 0 aliphatic carbocycles. The Hall–Kier alpha value is -1.88. The first-order valence-corrected chi connectivity index (χ1v) is 6.42. The van der Waals surface area contributed by atoms with Gasteiger partial charge in [0, 0.05) is 12.6 Å². The largest absolute Gasteiger partial charge is 0.444 e. The normalized spacial score (nSPS) is 12.7. The smallest absolute Gasteiger partial charge is 0.410 e. The first-order valence-electron chi connectivity index (χ1n) is 6.42. The lowest BCUT2D eigenvalue weighted by Gasteiger charge is -2.29. The van der Waals surface area contributed by atoms with Gasteiger partial charge >= 0.3 is 6.09 Å². The predicted molar refractivity (Wildman–Crippen MR) is 75.6 cm³/mol. The van der Waals surface area contributed by atoms with Crippen LogP contribution in [-0.4, -0.2) is 47.2 Å². The number of Topliss-reactive ketones (excluding diaryl/α,β-unsaturated/α-hetero) is 1. The van der Waals surface area contributed by atoms with Crippen LogP contribution in [0.5, 0.6) is 0 Å². The fourth-order valence-corrected chi connectivity index (χ4v) is 1.64. The molecular weight excluding hydrogens is 258 g/mol. The number of ether oxygens (including phenoxy) is 1. The lowest BCUT2D eigenvalue weighted by molar-refractivity contribution is 0.0164. The molecular formula is C15H21NO4. The third-order valence-electron chi connectivity index (χ3n) is 2.68. The summed E-state index contributed by atoms with van der Waals surface area (Å²) >= 11 is 0. The van der Waals surface area contributed by atoms with E-state index < -0.39 is 24.3 Å². The molecule has 5 heteroatoms. The van der Waals surface area contributed by atoms with Crippen molar-refractivity contribution in [2.45, 2.75) is 32.4 Å². The van der Waals surface area contributed by atoms with Gasteiger partial charge in [0.1, 0.15) is 11.6 Å². The molecule has 0 spiro atoms. The van der Waals surface area contributed by atoms with Crippen molar-refractivity contribution in [2.75, 3.05) is 13.7 Å². The third-order valence-corrected chi connectivity index (χ3v) is 2.68. The quantitative estimate of drug-likeness (QED) is 0.857. The van der Waals surface area contributed by atoms with E-state index in [4.69, 9.17) is 4.74 Å². The molecule has 1 unspecified atom stereocenters. The van der Waals surface area contributed by atoms with Crippen LogP contribution in [0.25, 0.3) is 0 Å². The first-order chi connectivity index (χ1) is 9.26. The molecule has 0 heterocycles. The molecule has 0 saturated carbocycles. The zero-order valence-corrected chi connectivity index (χ0v) is 12.3. The van der Waals surface area contributed by atoms with E-state index >= 15 is 0 Å². The highest BCUT2D eigenvalue weighted by Crippen LogP contribution is 2.13. The Kier molecular flexibility index (Phi) is 5.27. The molecule has 1 aromatic rings. The van der Waals surface area contributed by atoms with Crippen LogP contribution >= 0.6 is 0 Å². The summed E-state index contributed by atoms with van der Waals surface area (Å²) in [6.45, 7) is 4.77. The van der Waals surface area contributed by atoms with E-state index in [9.17, 15) is 14.7 Å². The van der Waals surface area contributed by atoms with Crippen LogP contribution < -0.4 is 0 Å². The molecule has 1 atom stereocenters. The minimum Gasteiger partial charge on any atom is -0.444 e. The van der Waals surface area contributed by atoms with Crippen molar-refractivity contribution >= 4 is 11.9 Å². The van der Waals surface area contributed by atoms with Gasteiger partial charge in [-0.2, -0.15) is 0 Å². The van der Waals surface area contributed by atoms with Crippen LogP contribution in [0.15, 0.2) is 30.3 Å². The van der Waals surface area contributed by atoms with Gasteiger partial charge in [-0.25, -0.2) is 4.79 Å². The number of hydrogen-bond donors (Lipinski definition) is 1. The zero-order chi connectivity index (χ0) is 15.3. The molecule has 0 aliphatic heterocycles. The molecule has 20 heavy (non-hydrogen) atoms. The van der Waals surface area contributed by atoms with E-state index in [0.29, 0.717) is 5.56 Å². The zero-order valence-electron chi connectivity index (χ0n) is 12.3. The molecule has 0 bridgehead atoms. The number of nitrogens with zero attached hydrogens (tertiary/aromatic N) is 1. The third kappa shape index (κ3) is 4.35. The summed E-state index contributed by atoms with van der Waals surface area (Å²) < 4.78 is 5.19. The Balaban J connectivity index is 2.85. The summed E-state index contributed by atoms with van der Waals surface area (Å²) in [6, 6.07) is 7.60. The number of amides is 1. The summed E-state index contributed by atoms with van der Waals surface area (Å²) in [5.41, 5.74) is -0.205. The fraction of sp³-hybridized carbons (Fsp3) is 0.467. The van der Waals surface area contributed by atoms with E-state index in [1.54, 1.807) is 51.1 Å². The molecule has 110 valence electrons. The van der Waals surface area contributed by atoms with E-state index in [0.717, 1.165) is 4.90 Å². The lowest BCUT2D eigenvalue weighted by atomic mass is 10.0. The van der Waals surface area contributed by atoms with Crippen LogP contribution in [0, 0.1) is 0 Å². The van der Waals surface area contributed by atoms with Crippen molar-refractivity contribution < 1.29 is 19.4 Å². The fourth-order valence-electron chi connectivity index (χ4n) is 1.64. The van der Waals surface area contributed by atoms with E-state index in [1.807, 2.05) is 0 Å². The van der Waals surface area contributed by atoms with Crippen LogP contribution in [0.1, 0.15) is 31.1 Å². The van der Waals surface area contributed by atoms with Gasteiger partial charge in [0.15, 0.2) is 5.78 Å². The molecule has 1 N–H and O–H groups in total. The molecule has 1 amide bonds. The maximum absolute atomic E-state index is 12.3. The number of carbonyl (C=O) groups is 2. The Bertz CT molecular complexity index is 465. The highest BCUT2D eigenvalue weighted by atomic mass is 16.6. The van der Waals surface area contributed by atoms with Gasteiger partial charge in [-0.05, 0) is 20.8 Å². The Labute approximate surface area is 119 Å². The molecule has 5 nitrogen and oxygen atoms in total. The van der Waals surface area contributed by atoms with Crippen molar-refractivity contribution in [1.29, 1.82) is 0 Å². The van der Waals surface area contributed by atoms with Crippen LogP contribution in [0.2, 0.25) is 0 Å². The van der Waals surface area contributed by atoms with Gasteiger partial charge in [0.05, 0.1) is 6.61 Å². The number of rotatable bonds is 4. The van der Waals surface area contributed by atoms with Gasteiger partial charge in [-0.3, -0.25) is 9.69 Å². The standard InChI is InChI=1S/C15H21NO4/c1-15(2,3)20-14(19)16(4)12(10-17)13(18)11-8-6-5-7-9-11/h5-9,12,17H,10H2,1-4H3. The highest BCUT2D eigenvalue weighted by molar-refractivity contribution is 6.01. The topological polar surface area (TPSA) is 66.8 Å². The van der Waals surface area contributed by atoms with Crippen molar-refractivity contribution in [3.8, 4) is 0 Å². The van der Waals surface area contributed by atoms with Crippen molar-refractivity contribution in [2.24, 2.45) is 0 Å². The minimum atomic E-state index is -0.952. The number of aliphatic hydroxyl groups excluding tert-OH is 1. The number of benzene rings is 1. The molecule has 0 saturated heterocycles. The minimum absolute atomic E-state index is 0.318. The van der Waals surface area contributed by atoms with Crippen molar-refractivity contribution in [3.05, 3.63) is 35.9 Å². The summed E-state index contributed by atoms with van der Waals surface area (Å²) in [5, 5.41) is 9.41. The molecule has 0 fully saturated rings. The maximum Gasteiger partial charge on any atom is 0.410 e. The van der Waals surface area contributed by atoms with E-state index in [2.05, 4.69) is 0 Å². The van der Waals surface area contributed by atoms with Crippen molar-refractivity contribution in [1.82, 2.24) is 4.90 Å². The summed E-state index contributed by atoms with van der Waals surface area (Å²) in [5.74, 6) is -0.318. The Morgan fingerprint density at radius 2 is 1.80 bits per heavy atom. The second-order valence-corrected chi connectivity index (χ2v) is 5.52. The van der Waals surface area contributed by atoms with Gasteiger partial charge in [0.2, 0.25) is 0 Å². The number of aliphatic hydroxyl groups is 1. The van der Waals surface area contributed by atoms with Crippen LogP contribution in [0.3, 0.4) is 0 Å². The summed E-state index contributed by atoms with van der Waals surface area (Å²) in [7, 11) is 1.44. The van der Waals surface area contributed by atoms with E-state index in [-0.39, 0.29) is 5.78 Å². The van der Waals surface area contributed by atoms with Gasteiger partial charge < -0.3 is 9.84 Å². The Morgan fingerprint density at radius 3 is 2.25 bits per heavy atom. The second-order valence-electron chi connectivity index (χ2n) is 5.52. The number of hydrogen-bond acceptors (Lipinski definition) is 4. The summed E-state index contributed by atoms with van der Waals surface area (Å²) in [4.78, 5) is 25.3. The van der Waals surface area contributed by atoms with Gasteiger partial charge in [0.25, 0.3) is 0 Å². The number of likely N-dealkylation sites (N-methyl/N-ethyl adjacent to an activating group) is 1. The SMILES string of the molecule is CN(C(=O)OC(C)(C)C)C(CO)C(=O)c1ccccc1.